The summed E-state index contributed by atoms with van der Waals surface area (Å²) in [5.74, 6) is 1.16. The second-order valence-electron chi connectivity index (χ2n) is 12.5. The minimum atomic E-state index is -0.778. The van der Waals surface area contributed by atoms with E-state index in [4.69, 9.17) is 4.74 Å². The SMILES string of the molecule is C=C1[C@H](O)CC(=C/C=C2\CCC[C@]3(C)[C@@H]([C@@H](C)/C=C/[C@@H](O)C4(C(=O)OCCCC)CC4)CC[C@@H]23)C[C@H]1O. The van der Waals surface area contributed by atoms with Crippen LogP contribution in [0.1, 0.15) is 91.4 Å². The fraction of sp³-hybridized carbons (Fsp3) is 0.719. The van der Waals surface area contributed by atoms with Crippen LogP contribution in [0.4, 0.5) is 0 Å². The number of carbonyl (C=O) groups is 1. The van der Waals surface area contributed by atoms with Gasteiger partial charge in [0.1, 0.15) is 0 Å². The number of rotatable bonds is 9. The molecule has 206 valence electrons. The number of aliphatic hydroxyl groups is 3. The van der Waals surface area contributed by atoms with Crippen molar-refractivity contribution in [3.63, 3.8) is 0 Å². The molecule has 4 fully saturated rings. The molecule has 4 aliphatic rings. The van der Waals surface area contributed by atoms with E-state index in [2.05, 4.69) is 45.6 Å². The summed E-state index contributed by atoms with van der Waals surface area (Å²) in [6, 6.07) is 0. The zero-order chi connectivity index (χ0) is 26.8. The monoisotopic (exact) mass is 512 g/mol. The largest absolute Gasteiger partial charge is 0.465 e. The molecule has 0 aromatic rings. The highest BCUT2D eigenvalue weighted by Gasteiger charge is 2.56. The molecule has 0 radical (unpaired) electrons. The number of unbranched alkanes of at least 4 members (excludes halogenated alkanes) is 1. The highest BCUT2D eigenvalue weighted by molar-refractivity contribution is 5.81. The van der Waals surface area contributed by atoms with Crippen molar-refractivity contribution < 1.29 is 24.9 Å². The van der Waals surface area contributed by atoms with Gasteiger partial charge in [0.25, 0.3) is 0 Å². The number of aliphatic hydroxyl groups excluding tert-OH is 3. The molecule has 0 spiro atoms. The molecule has 7 atom stereocenters. The molecule has 5 heteroatoms. The van der Waals surface area contributed by atoms with Gasteiger partial charge in [-0.05, 0) is 93.0 Å². The lowest BCUT2D eigenvalue weighted by Crippen LogP contribution is -2.36. The van der Waals surface area contributed by atoms with Crippen LogP contribution in [0.5, 0.6) is 0 Å². The number of fused-ring (bicyclic) bond motifs is 1. The number of allylic oxidation sites excluding steroid dienone is 4. The van der Waals surface area contributed by atoms with E-state index in [9.17, 15) is 20.1 Å². The van der Waals surface area contributed by atoms with Crippen LogP contribution >= 0.6 is 0 Å². The second-order valence-corrected chi connectivity index (χ2v) is 12.5. The summed E-state index contributed by atoms with van der Waals surface area (Å²) in [4.78, 5) is 12.6. The first-order valence-corrected chi connectivity index (χ1v) is 14.6. The van der Waals surface area contributed by atoms with Gasteiger partial charge in [-0.25, -0.2) is 0 Å². The summed E-state index contributed by atoms with van der Waals surface area (Å²) in [7, 11) is 0. The van der Waals surface area contributed by atoms with Gasteiger partial charge in [-0.1, -0.05) is 69.2 Å². The first kappa shape index (κ1) is 28.3. The predicted octanol–water partition coefficient (Wildman–Crippen LogP) is 5.80. The summed E-state index contributed by atoms with van der Waals surface area (Å²) >= 11 is 0. The normalized spacial score (nSPS) is 35.9. The highest BCUT2D eigenvalue weighted by atomic mass is 16.5. The summed E-state index contributed by atoms with van der Waals surface area (Å²) in [6.07, 6.45) is 16.5. The molecule has 4 rings (SSSR count). The smallest absolute Gasteiger partial charge is 0.315 e. The van der Waals surface area contributed by atoms with Crippen LogP contribution in [-0.4, -0.2) is 46.2 Å². The Labute approximate surface area is 223 Å². The van der Waals surface area contributed by atoms with Crippen molar-refractivity contribution in [1.82, 2.24) is 0 Å². The van der Waals surface area contributed by atoms with Crippen LogP contribution in [-0.2, 0) is 9.53 Å². The van der Waals surface area contributed by atoms with E-state index in [1.807, 2.05) is 6.08 Å². The third kappa shape index (κ3) is 5.84. The van der Waals surface area contributed by atoms with E-state index in [1.54, 1.807) is 0 Å². The van der Waals surface area contributed by atoms with Gasteiger partial charge in [0.05, 0.1) is 30.3 Å². The molecule has 4 aliphatic carbocycles. The third-order valence-electron chi connectivity index (χ3n) is 10.1. The molecule has 0 aliphatic heterocycles. The first-order chi connectivity index (χ1) is 17.6. The molecule has 0 unspecified atom stereocenters. The average Bonchev–Trinajstić information content (AvgIpc) is 3.60. The Kier molecular flexibility index (Phi) is 8.87. The van der Waals surface area contributed by atoms with Crippen molar-refractivity contribution in [2.75, 3.05) is 6.61 Å². The predicted molar refractivity (Wildman–Crippen MR) is 147 cm³/mol. The Morgan fingerprint density at radius 1 is 1.14 bits per heavy atom. The Hall–Kier alpha value is -1.69. The van der Waals surface area contributed by atoms with Crippen LogP contribution < -0.4 is 0 Å². The van der Waals surface area contributed by atoms with E-state index in [0.29, 0.717) is 55.6 Å². The van der Waals surface area contributed by atoms with E-state index in [1.165, 1.54) is 24.8 Å². The van der Waals surface area contributed by atoms with E-state index >= 15 is 0 Å². The summed E-state index contributed by atoms with van der Waals surface area (Å²) in [6.45, 7) is 11.0. The summed E-state index contributed by atoms with van der Waals surface area (Å²) in [5, 5.41) is 31.3. The molecule has 3 N–H and O–H groups in total. The van der Waals surface area contributed by atoms with E-state index in [-0.39, 0.29) is 11.4 Å². The lowest BCUT2D eigenvalue weighted by atomic mass is 9.61. The number of carbonyl (C=O) groups excluding carboxylic acids is 1. The molecule has 5 nitrogen and oxygen atoms in total. The maximum Gasteiger partial charge on any atom is 0.315 e. The lowest BCUT2D eigenvalue weighted by Gasteiger charge is -2.44. The van der Waals surface area contributed by atoms with Crippen LogP contribution in [0, 0.1) is 28.6 Å². The van der Waals surface area contributed by atoms with E-state index < -0.39 is 23.7 Å². The van der Waals surface area contributed by atoms with Crippen molar-refractivity contribution in [2.45, 2.75) is 110 Å². The third-order valence-corrected chi connectivity index (χ3v) is 10.1. The standard InChI is InChI=1S/C32H48O5/c1-5-6-18-37-30(36)32(16-17-32)29(35)14-9-21(2)25-12-13-26-24(8-7-15-31(25,26)4)11-10-23-19-27(33)22(3)28(34)20-23/h9-11,14,21,25-29,33-35H,3,5-8,12-13,15-20H2,1-2,4H3/b14-9+,24-11+/t21-,25+,26-,27+,28+,29+,31+/m0/s1. The Morgan fingerprint density at radius 2 is 1.84 bits per heavy atom. The minimum absolute atomic E-state index is 0.216. The van der Waals surface area contributed by atoms with Gasteiger partial charge in [0.2, 0.25) is 0 Å². The van der Waals surface area contributed by atoms with Gasteiger partial charge in [-0.2, -0.15) is 0 Å². The molecular formula is C32H48O5. The molecule has 0 saturated heterocycles. The summed E-state index contributed by atoms with van der Waals surface area (Å²) in [5.41, 5.74) is 2.61. The molecule has 0 aromatic heterocycles. The van der Waals surface area contributed by atoms with E-state index in [0.717, 1.165) is 31.3 Å². The topological polar surface area (TPSA) is 87.0 Å². The number of esters is 1. The zero-order valence-corrected chi connectivity index (χ0v) is 23.1. The Bertz CT molecular complexity index is 925. The maximum absolute atomic E-state index is 12.6. The second kappa shape index (κ2) is 11.6. The fourth-order valence-electron chi connectivity index (χ4n) is 7.38. The molecule has 0 bridgehead atoms. The van der Waals surface area contributed by atoms with Gasteiger partial charge in [-0.3, -0.25) is 4.79 Å². The molecular weight excluding hydrogens is 464 g/mol. The van der Waals surface area contributed by atoms with Crippen LogP contribution in [0.3, 0.4) is 0 Å². The number of hydrogen-bond donors (Lipinski definition) is 3. The average molecular weight is 513 g/mol. The molecule has 0 heterocycles. The fourth-order valence-corrected chi connectivity index (χ4v) is 7.38. The van der Waals surface area contributed by atoms with Crippen molar-refractivity contribution in [2.24, 2.45) is 28.6 Å². The van der Waals surface area contributed by atoms with Gasteiger partial charge in [0, 0.05) is 0 Å². The molecule has 0 amide bonds. The van der Waals surface area contributed by atoms with Crippen molar-refractivity contribution in [1.29, 1.82) is 0 Å². The van der Waals surface area contributed by atoms with Gasteiger partial charge < -0.3 is 20.1 Å². The number of ether oxygens (including phenoxy) is 1. The quantitative estimate of drug-likeness (QED) is 0.206. The lowest BCUT2D eigenvalue weighted by molar-refractivity contribution is -0.153. The Balaban J connectivity index is 1.40. The molecule has 0 aromatic carbocycles. The van der Waals surface area contributed by atoms with Gasteiger partial charge in [-0.15, -0.1) is 0 Å². The first-order valence-electron chi connectivity index (χ1n) is 14.6. The zero-order valence-electron chi connectivity index (χ0n) is 23.1. The van der Waals surface area contributed by atoms with Crippen LogP contribution in [0.25, 0.3) is 0 Å². The van der Waals surface area contributed by atoms with Crippen molar-refractivity contribution >= 4 is 5.97 Å². The van der Waals surface area contributed by atoms with Crippen molar-refractivity contribution in [3.8, 4) is 0 Å². The highest BCUT2D eigenvalue weighted by Crippen LogP contribution is 2.59. The van der Waals surface area contributed by atoms with Crippen LogP contribution in [0.2, 0.25) is 0 Å². The molecule has 37 heavy (non-hydrogen) atoms. The number of hydrogen-bond acceptors (Lipinski definition) is 5. The maximum atomic E-state index is 12.6. The Morgan fingerprint density at radius 3 is 2.49 bits per heavy atom. The van der Waals surface area contributed by atoms with Gasteiger partial charge >= 0.3 is 5.97 Å². The van der Waals surface area contributed by atoms with Crippen molar-refractivity contribution in [3.05, 3.63) is 47.6 Å². The minimum Gasteiger partial charge on any atom is -0.465 e. The van der Waals surface area contributed by atoms with Crippen LogP contribution in [0.15, 0.2) is 47.6 Å². The molecule has 4 saturated carbocycles. The van der Waals surface area contributed by atoms with Gasteiger partial charge in [0.15, 0.2) is 0 Å². The summed E-state index contributed by atoms with van der Waals surface area (Å²) < 4.78 is 5.44.